The van der Waals surface area contributed by atoms with Crippen LogP contribution in [0.25, 0.3) is 10.9 Å². The van der Waals surface area contributed by atoms with E-state index in [1.807, 2.05) is 26.0 Å². The summed E-state index contributed by atoms with van der Waals surface area (Å²) in [6, 6.07) is 18.9. The molecule has 4 heteroatoms. The van der Waals surface area contributed by atoms with Crippen LogP contribution in [0.15, 0.2) is 64.1 Å². The second-order valence-corrected chi connectivity index (χ2v) is 6.99. The quantitative estimate of drug-likeness (QED) is 0.426. The third kappa shape index (κ3) is 3.12. The summed E-state index contributed by atoms with van der Waals surface area (Å²) in [4.78, 5) is 4.49. The molecule has 0 radical (unpaired) electrons. The van der Waals surface area contributed by atoms with E-state index in [-0.39, 0.29) is 0 Å². The highest BCUT2D eigenvalue weighted by molar-refractivity contribution is 6.00. The van der Waals surface area contributed by atoms with Gasteiger partial charge < -0.3 is 8.98 Å². The van der Waals surface area contributed by atoms with Crippen LogP contribution in [0.3, 0.4) is 0 Å². The van der Waals surface area contributed by atoms with Crippen molar-refractivity contribution in [1.82, 2.24) is 4.57 Å². The topological polar surface area (TPSA) is 54.2 Å². The molecule has 0 spiro atoms. The van der Waals surface area contributed by atoms with Gasteiger partial charge in [-0.3, -0.25) is 0 Å². The molecule has 0 saturated heterocycles. The minimum atomic E-state index is 0.369. The van der Waals surface area contributed by atoms with E-state index in [0.29, 0.717) is 11.4 Å². The van der Waals surface area contributed by atoms with E-state index >= 15 is 0 Å². The van der Waals surface area contributed by atoms with E-state index in [4.69, 9.17) is 4.42 Å². The predicted molar refractivity (Wildman–Crippen MR) is 112 cm³/mol. The Balaban J connectivity index is 1.76. The van der Waals surface area contributed by atoms with Crippen molar-refractivity contribution >= 4 is 23.0 Å². The second kappa shape index (κ2) is 7.21. The molecule has 0 aliphatic carbocycles. The molecule has 0 N–H and O–H groups in total. The maximum absolute atomic E-state index is 9.39. The zero-order valence-electron chi connectivity index (χ0n) is 16.2. The molecule has 0 aliphatic heterocycles. The fourth-order valence-electron chi connectivity index (χ4n) is 3.44. The summed E-state index contributed by atoms with van der Waals surface area (Å²) < 4.78 is 7.90. The van der Waals surface area contributed by atoms with E-state index < -0.39 is 0 Å². The first-order chi connectivity index (χ1) is 13.6. The smallest absolute Gasteiger partial charge is 0.237 e. The highest BCUT2D eigenvalue weighted by Crippen LogP contribution is 2.29. The third-order valence-corrected chi connectivity index (χ3v) is 5.22. The van der Waals surface area contributed by atoms with Crippen LogP contribution in [0, 0.1) is 32.1 Å². The molecular formula is C24H21N3O. The van der Waals surface area contributed by atoms with E-state index in [9.17, 15) is 5.26 Å². The molecule has 0 saturated carbocycles. The highest BCUT2D eigenvalue weighted by Gasteiger charge is 2.14. The van der Waals surface area contributed by atoms with Crippen molar-refractivity contribution in [2.45, 2.75) is 27.3 Å². The first-order valence-electron chi connectivity index (χ1n) is 9.25. The fraction of sp³-hybridized carbons (Fsp3) is 0.167. The molecule has 28 heavy (non-hydrogen) atoms. The number of hydrogen-bond donors (Lipinski definition) is 0. The largest absolute Gasteiger partial charge is 0.442 e. The van der Waals surface area contributed by atoms with Crippen molar-refractivity contribution in [3.63, 3.8) is 0 Å². The lowest BCUT2D eigenvalue weighted by atomic mass is 10.1. The van der Waals surface area contributed by atoms with Crippen molar-refractivity contribution in [3.8, 4) is 6.07 Å². The van der Waals surface area contributed by atoms with Gasteiger partial charge in [0.1, 0.15) is 17.4 Å². The minimum absolute atomic E-state index is 0.369. The average molecular weight is 367 g/mol. The van der Waals surface area contributed by atoms with Gasteiger partial charge in [-0.15, -0.1) is 0 Å². The maximum Gasteiger partial charge on any atom is 0.237 e. The van der Waals surface area contributed by atoms with Gasteiger partial charge in [-0.2, -0.15) is 5.26 Å². The summed E-state index contributed by atoms with van der Waals surface area (Å²) in [7, 11) is 0. The number of hydrogen-bond acceptors (Lipinski definition) is 3. The van der Waals surface area contributed by atoms with Gasteiger partial charge in [0.05, 0.1) is 0 Å². The Hall–Kier alpha value is -3.58. The highest BCUT2D eigenvalue weighted by atomic mass is 16.4. The lowest BCUT2D eigenvalue weighted by molar-refractivity contribution is 0.542. The molecule has 0 atom stereocenters. The van der Waals surface area contributed by atoms with Crippen LogP contribution in [0.5, 0.6) is 0 Å². The molecule has 0 fully saturated rings. The Bertz CT molecular complexity index is 1230. The van der Waals surface area contributed by atoms with Crippen molar-refractivity contribution < 1.29 is 4.42 Å². The Morgan fingerprint density at radius 2 is 1.82 bits per heavy atom. The van der Waals surface area contributed by atoms with Crippen molar-refractivity contribution in [2.75, 3.05) is 0 Å². The standard InChI is InChI=1S/C24H21N3O/c1-16-8-4-5-9-19(16)14-27-15-20(21-10-6-7-11-23(21)27)13-26-24-22(12-25)17(2)18(3)28-24/h4-11,13,15H,14H2,1-3H3. The van der Waals surface area contributed by atoms with Crippen LogP contribution >= 0.6 is 0 Å². The number of aliphatic imine (C=N–C) groups is 1. The Kier molecular flexibility index (Phi) is 4.58. The van der Waals surface area contributed by atoms with E-state index in [0.717, 1.165) is 34.3 Å². The SMILES string of the molecule is Cc1ccccc1Cn1cc(C=Nc2oc(C)c(C)c2C#N)c2ccccc21. The molecule has 0 bridgehead atoms. The third-order valence-electron chi connectivity index (χ3n) is 5.22. The zero-order chi connectivity index (χ0) is 19.7. The summed E-state index contributed by atoms with van der Waals surface area (Å²) in [6.07, 6.45) is 3.89. The van der Waals surface area contributed by atoms with Gasteiger partial charge in [0, 0.05) is 41.0 Å². The van der Waals surface area contributed by atoms with Crippen LogP contribution < -0.4 is 0 Å². The van der Waals surface area contributed by atoms with Crippen LogP contribution in [-0.2, 0) is 6.54 Å². The predicted octanol–water partition coefficient (Wildman–Crippen LogP) is 5.83. The lowest BCUT2D eigenvalue weighted by Gasteiger charge is -2.08. The maximum atomic E-state index is 9.39. The second-order valence-electron chi connectivity index (χ2n) is 6.99. The van der Waals surface area contributed by atoms with Gasteiger partial charge in [0.15, 0.2) is 0 Å². The summed E-state index contributed by atoms with van der Waals surface area (Å²) in [5, 5.41) is 10.5. The number of fused-ring (bicyclic) bond motifs is 1. The molecule has 0 amide bonds. The number of benzene rings is 2. The van der Waals surface area contributed by atoms with Gasteiger partial charge in [0.25, 0.3) is 0 Å². The van der Waals surface area contributed by atoms with Gasteiger partial charge in [-0.05, 0) is 38.0 Å². The summed E-state index contributed by atoms with van der Waals surface area (Å²) in [5.41, 5.74) is 6.06. The van der Waals surface area contributed by atoms with E-state index in [1.165, 1.54) is 11.1 Å². The zero-order valence-corrected chi connectivity index (χ0v) is 16.2. The number of nitriles is 1. The van der Waals surface area contributed by atoms with Gasteiger partial charge >= 0.3 is 0 Å². The van der Waals surface area contributed by atoms with E-state index in [1.54, 1.807) is 6.21 Å². The summed E-state index contributed by atoms with van der Waals surface area (Å²) in [6.45, 7) is 6.66. The monoisotopic (exact) mass is 367 g/mol. The molecule has 4 nitrogen and oxygen atoms in total. The van der Waals surface area contributed by atoms with Gasteiger partial charge in [-0.1, -0.05) is 42.5 Å². The molecule has 4 aromatic rings. The Morgan fingerprint density at radius 1 is 1.07 bits per heavy atom. The molecule has 2 aromatic heterocycles. The number of furan rings is 1. The molecule has 2 aromatic carbocycles. The minimum Gasteiger partial charge on any atom is -0.442 e. The van der Waals surface area contributed by atoms with Crippen LogP contribution in [0.1, 0.15) is 33.6 Å². The molecule has 138 valence electrons. The Labute approximate surface area is 164 Å². The fourth-order valence-corrected chi connectivity index (χ4v) is 3.44. The molecule has 4 rings (SSSR count). The number of rotatable bonds is 4. The number of aromatic nitrogens is 1. The van der Waals surface area contributed by atoms with Crippen LogP contribution in [0.4, 0.5) is 5.88 Å². The number of nitrogens with zero attached hydrogens (tertiary/aromatic N) is 3. The van der Waals surface area contributed by atoms with Crippen molar-refractivity contribution in [3.05, 3.63) is 88.3 Å². The number of aryl methyl sites for hydroxylation is 2. The first kappa shape index (κ1) is 17.8. The average Bonchev–Trinajstić information content (AvgIpc) is 3.19. The number of para-hydroxylation sites is 1. The van der Waals surface area contributed by atoms with Crippen molar-refractivity contribution in [1.29, 1.82) is 5.26 Å². The normalized spacial score (nSPS) is 11.4. The summed E-state index contributed by atoms with van der Waals surface area (Å²) in [5.74, 6) is 1.10. The van der Waals surface area contributed by atoms with Crippen LogP contribution in [0.2, 0.25) is 0 Å². The summed E-state index contributed by atoms with van der Waals surface area (Å²) >= 11 is 0. The molecule has 2 heterocycles. The molecular weight excluding hydrogens is 346 g/mol. The van der Waals surface area contributed by atoms with Crippen molar-refractivity contribution in [2.24, 2.45) is 4.99 Å². The molecule has 0 unspecified atom stereocenters. The van der Waals surface area contributed by atoms with E-state index in [2.05, 4.69) is 65.1 Å². The van der Waals surface area contributed by atoms with Gasteiger partial charge in [-0.25, -0.2) is 4.99 Å². The first-order valence-corrected chi connectivity index (χ1v) is 9.25. The molecule has 0 aliphatic rings. The Morgan fingerprint density at radius 3 is 2.61 bits per heavy atom. The van der Waals surface area contributed by atoms with Crippen LogP contribution in [-0.4, -0.2) is 10.8 Å². The van der Waals surface area contributed by atoms with Gasteiger partial charge in [0.2, 0.25) is 5.88 Å². The lowest BCUT2D eigenvalue weighted by Crippen LogP contribution is -1.99.